The van der Waals surface area contributed by atoms with Crippen LogP contribution in [-0.2, 0) is 24.6 Å². The second-order valence-electron chi connectivity index (χ2n) is 6.24. The van der Waals surface area contributed by atoms with E-state index >= 15 is 0 Å². The lowest BCUT2D eigenvalue weighted by molar-refractivity contribution is -0.137. The van der Waals surface area contributed by atoms with Gasteiger partial charge in [-0.3, -0.25) is 0 Å². The topological polar surface area (TPSA) is 60.7 Å². The predicted octanol–water partition coefficient (Wildman–Crippen LogP) is 5.42. The Morgan fingerprint density at radius 3 is 2.62 bits per heavy atom. The zero-order valence-corrected chi connectivity index (χ0v) is 17.1. The van der Waals surface area contributed by atoms with Crippen LogP contribution in [0.25, 0.3) is 10.9 Å². The lowest BCUT2D eigenvalue weighted by atomic mass is 10.1. The quantitative estimate of drug-likeness (QED) is 0.504. The monoisotopic (exact) mass is 471 g/mol. The summed E-state index contributed by atoms with van der Waals surface area (Å²) >= 11 is 3.24. The Hall–Kier alpha value is -2.68. The summed E-state index contributed by atoms with van der Waals surface area (Å²) in [6.45, 7) is 1.64. The number of nitrogens with zero attached hydrogens (tertiary/aromatic N) is 1. The third-order valence-corrected chi connectivity index (χ3v) is 5.04. The smallest absolute Gasteiger partial charge is 0.416 e. The van der Waals surface area contributed by atoms with Crippen LogP contribution in [0.15, 0.2) is 40.9 Å². The number of carbonyl (C=O) groups excluding carboxylic acids is 1. The molecular weight excluding hydrogens is 455 g/mol. The maximum absolute atomic E-state index is 12.9. The molecule has 0 aliphatic rings. The minimum Gasteiger partial charge on any atom is -0.507 e. The van der Waals surface area contributed by atoms with Gasteiger partial charge < -0.3 is 19.1 Å². The van der Waals surface area contributed by atoms with Gasteiger partial charge in [0.2, 0.25) is 0 Å². The lowest BCUT2D eigenvalue weighted by Gasteiger charge is -2.12. The number of phenolic OH excluding ortho intramolecular Hbond substituents is 1. The Kier molecular flexibility index (Phi) is 5.79. The predicted molar refractivity (Wildman–Crippen MR) is 104 cm³/mol. The van der Waals surface area contributed by atoms with Crippen molar-refractivity contribution >= 4 is 32.8 Å². The van der Waals surface area contributed by atoms with Crippen molar-refractivity contribution in [2.45, 2.75) is 19.7 Å². The van der Waals surface area contributed by atoms with E-state index in [0.29, 0.717) is 21.1 Å². The van der Waals surface area contributed by atoms with Crippen molar-refractivity contribution in [2.24, 2.45) is 7.05 Å². The molecular formula is C20H17BrF3NO4. The largest absolute Gasteiger partial charge is 0.507 e. The highest BCUT2D eigenvalue weighted by Gasteiger charge is 2.31. The first kappa shape index (κ1) is 21.0. The lowest BCUT2D eigenvalue weighted by Crippen LogP contribution is -2.11. The molecule has 0 saturated heterocycles. The molecule has 0 atom stereocenters. The number of benzene rings is 2. The Morgan fingerprint density at radius 2 is 1.97 bits per heavy atom. The third-order valence-electron chi connectivity index (χ3n) is 4.41. The molecule has 0 aliphatic carbocycles. The van der Waals surface area contributed by atoms with Gasteiger partial charge in [-0.15, -0.1) is 0 Å². The van der Waals surface area contributed by atoms with E-state index in [-0.39, 0.29) is 30.3 Å². The van der Waals surface area contributed by atoms with E-state index in [9.17, 15) is 23.1 Å². The number of hydrogen-bond donors (Lipinski definition) is 1. The van der Waals surface area contributed by atoms with Crippen molar-refractivity contribution in [3.8, 4) is 11.5 Å². The number of phenols is 1. The number of hydrogen-bond acceptors (Lipinski definition) is 4. The van der Waals surface area contributed by atoms with Crippen LogP contribution in [0.1, 0.15) is 28.5 Å². The highest BCUT2D eigenvalue weighted by atomic mass is 79.9. The van der Waals surface area contributed by atoms with Crippen molar-refractivity contribution in [2.75, 3.05) is 6.61 Å². The van der Waals surface area contributed by atoms with Gasteiger partial charge in [-0.2, -0.15) is 13.2 Å². The molecule has 0 fully saturated rings. The van der Waals surface area contributed by atoms with Crippen LogP contribution in [0.2, 0.25) is 0 Å². The first-order valence-corrected chi connectivity index (χ1v) is 9.39. The normalized spacial score (nSPS) is 11.7. The molecule has 154 valence electrons. The van der Waals surface area contributed by atoms with Crippen LogP contribution in [0, 0.1) is 0 Å². The summed E-state index contributed by atoms with van der Waals surface area (Å²) in [7, 11) is 1.69. The van der Waals surface area contributed by atoms with Crippen LogP contribution in [0.3, 0.4) is 0 Å². The number of carbonyl (C=O) groups is 1. The van der Waals surface area contributed by atoms with Crippen LogP contribution < -0.4 is 4.74 Å². The molecule has 0 saturated carbocycles. The molecule has 9 heteroatoms. The van der Waals surface area contributed by atoms with Crippen molar-refractivity contribution in [3.63, 3.8) is 0 Å². The molecule has 0 bridgehead atoms. The Labute approximate surface area is 172 Å². The number of aromatic nitrogens is 1. The van der Waals surface area contributed by atoms with Gasteiger partial charge in [0.15, 0.2) is 0 Å². The summed E-state index contributed by atoms with van der Waals surface area (Å²) < 4.78 is 51.6. The molecule has 1 heterocycles. The number of rotatable bonds is 5. The molecule has 0 unspecified atom stereocenters. The maximum atomic E-state index is 12.9. The molecule has 0 amide bonds. The van der Waals surface area contributed by atoms with E-state index in [2.05, 4.69) is 15.9 Å². The molecule has 0 radical (unpaired) electrons. The van der Waals surface area contributed by atoms with Crippen LogP contribution in [0.4, 0.5) is 13.2 Å². The molecule has 29 heavy (non-hydrogen) atoms. The van der Waals surface area contributed by atoms with E-state index in [0.717, 1.165) is 12.1 Å². The number of fused-ring (bicyclic) bond motifs is 1. The average molecular weight is 472 g/mol. The molecule has 3 aromatic rings. The Balaban J connectivity index is 2.03. The van der Waals surface area contributed by atoms with Gasteiger partial charge in [0.05, 0.1) is 33.4 Å². The van der Waals surface area contributed by atoms with Gasteiger partial charge in [-0.1, -0.05) is 6.07 Å². The molecule has 2 aromatic carbocycles. The average Bonchev–Trinajstić information content (AvgIpc) is 2.92. The minimum atomic E-state index is -4.49. The minimum absolute atomic E-state index is 0.0175. The number of aromatic hydroxyl groups is 1. The SMILES string of the molecule is CCOC(=O)c1c(COc2cccc(C(F)(F)F)c2)n(C)c2cc(Br)c(O)cc12. The van der Waals surface area contributed by atoms with Gasteiger partial charge in [0.25, 0.3) is 0 Å². The van der Waals surface area contributed by atoms with Crippen LogP contribution >= 0.6 is 15.9 Å². The van der Waals surface area contributed by atoms with Crippen molar-refractivity contribution in [1.29, 1.82) is 0 Å². The second-order valence-corrected chi connectivity index (χ2v) is 7.09. The Morgan fingerprint density at radius 1 is 1.24 bits per heavy atom. The molecule has 0 aliphatic heterocycles. The highest BCUT2D eigenvalue weighted by Crippen LogP contribution is 2.35. The fourth-order valence-corrected chi connectivity index (χ4v) is 3.34. The van der Waals surface area contributed by atoms with Crippen molar-refractivity contribution in [1.82, 2.24) is 4.57 Å². The van der Waals surface area contributed by atoms with Gasteiger partial charge in [-0.25, -0.2) is 4.79 Å². The van der Waals surface area contributed by atoms with Gasteiger partial charge >= 0.3 is 12.1 Å². The first-order valence-electron chi connectivity index (χ1n) is 8.60. The van der Waals surface area contributed by atoms with E-state index in [1.165, 1.54) is 18.2 Å². The summed E-state index contributed by atoms with van der Waals surface area (Å²) in [4.78, 5) is 12.6. The number of esters is 1. The number of aryl methyl sites for hydroxylation is 1. The van der Waals surface area contributed by atoms with E-state index in [1.54, 1.807) is 24.6 Å². The third kappa shape index (κ3) is 4.19. The summed E-state index contributed by atoms with van der Waals surface area (Å²) in [5.74, 6) is -0.648. The first-order chi connectivity index (χ1) is 13.6. The van der Waals surface area contributed by atoms with Crippen molar-refractivity contribution < 1.29 is 32.5 Å². The molecule has 1 N–H and O–H groups in total. The summed E-state index contributed by atoms with van der Waals surface area (Å²) in [5, 5.41) is 10.5. The Bertz CT molecular complexity index is 1080. The van der Waals surface area contributed by atoms with Crippen LogP contribution in [-0.4, -0.2) is 22.2 Å². The van der Waals surface area contributed by atoms with Gasteiger partial charge in [0.1, 0.15) is 18.1 Å². The fourth-order valence-electron chi connectivity index (χ4n) is 3.01. The summed E-state index contributed by atoms with van der Waals surface area (Å²) in [6.07, 6.45) is -4.49. The molecule has 5 nitrogen and oxygen atoms in total. The van der Waals surface area contributed by atoms with Crippen LogP contribution in [0.5, 0.6) is 11.5 Å². The van der Waals surface area contributed by atoms with Crippen molar-refractivity contribution in [3.05, 3.63) is 57.7 Å². The maximum Gasteiger partial charge on any atom is 0.416 e. The zero-order chi connectivity index (χ0) is 21.3. The fraction of sp³-hybridized carbons (Fsp3) is 0.250. The van der Waals surface area contributed by atoms with Gasteiger partial charge in [0, 0.05) is 12.4 Å². The number of alkyl halides is 3. The van der Waals surface area contributed by atoms with Gasteiger partial charge in [-0.05, 0) is 53.2 Å². The number of ether oxygens (including phenoxy) is 2. The zero-order valence-electron chi connectivity index (χ0n) is 15.5. The summed E-state index contributed by atoms with van der Waals surface area (Å²) in [5.41, 5.74) is 0.402. The molecule has 0 spiro atoms. The molecule has 1 aromatic heterocycles. The number of halogens is 4. The summed E-state index contributed by atoms with van der Waals surface area (Å²) in [6, 6.07) is 7.58. The second kappa shape index (κ2) is 7.98. The van der Waals surface area contributed by atoms with E-state index in [4.69, 9.17) is 9.47 Å². The highest BCUT2D eigenvalue weighted by molar-refractivity contribution is 9.10. The molecule has 3 rings (SSSR count). The van der Waals surface area contributed by atoms with E-state index < -0.39 is 17.7 Å². The van der Waals surface area contributed by atoms with E-state index in [1.807, 2.05) is 0 Å². The standard InChI is InChI=1S/C20H17BrF3NO4/c1-3-28-19(27)18-13-8-17(26)14(21)9-15(13)25(2)16(18)10-29-12-6-4-5-11(7-12)20(22,23)24/h4-9,26H,3,10H2,1-2H3.